The Kier molecular flexibility index (Phi) is 2.74. The topological polar surface area (TPSA) is 33.0 Å². The highest BCUT2D eigenvalue weighted by Crippen LogP contribution is 2.58. The maximum atomic E-state index is 9.01. The van der Waals surface area contributed by atoms with Crippen LogP contribution in [0.2, 0.25) is 0 Å². The zero-order valence-corrected chi connectivity index (χ0v) is 8.13. The first-order chi connectivity index (χ1) is 5.67. The molecule has 0 heterocycles. The molecular weight excluding hydrogens is 150 g/mol. The van der Waals surface area contributed by atoms with Crippen LogP contribution in [-0.4, -0.2) is 13.7 Å². The van der Waals surface area contributed by atoms with Crippen molar-refractivity contribution in [1.29, 1.82) is 5.26 Å². The zero-order valence-electron chi connectivity index (χ0n) is 8.13. The molecule has 12 heavy (non-hydrogen) atoms. The Morgan fingerprint density at radius 1 is 1.67 bits per heavy atom. The molecule has 0 bridgehead atoms. The lowest BCUT2D eigenvalue weighted by Gasteiger charge is -2.12. The third-order valence-electron chi connectivity index (χ3n) is 3.06. The van der Waals surface area contributed by atoms with Crippen LogP contribution in [0.25, 0.3) is 0 Å². The number of hydrogen-bond acceptors (Lipinski definition) is 2. The molecule has 0 aromatic heterocycles. The van der Waals surface area contributed by atoms with Crippen molar-refractivity contribution in [2.45, 2.75) is 26.7 Å². The van der Waals surface area contributed by atoms with Crippen molar-refractivity contribution in [2.75, 3.05) is 13.7 Å². The van der Waals surface area contributed by atoms with E-state index in [9.17, 15) is 0 Å². The summed E-state index contributed by atoms with van der Waals surface area (Å²) in [4.78, 5) is 0. The van der Waals surface area contributed by atoms with Crippen LogP contribution >= 0.6 is 0 Å². The van der Waals surface area contributed by atoms with Gasteiger partial charge in [0.25, 0.3) is 0 Å². The fourth-order valence-corrected chi connectivity index (χ4v) is 1.94. The average Bonchev–Trinajstić information content (AvgIpc) is 2.76. The van der Waals surface area contributed by atoms with Gasteiger partial charge >= 0.3 is 0 Å². The molecule has 1 aliphatic carbocycles. The van der Waals surface area contributed by atoms with Gasteiger partial charge in [0.1, 0.15) is 0 Å². The minimum atomic E-state index is -0.0153. The lowest BCUT2D eigenvalue weighted by Crippen LogP contribution is -2.10. The van der Waals surface area contributed by atoms with E-state index in [0.717, 1.165) is 19.4 Å². The summed E-state index contributed by atoms with van der Waals surface area (Å²) in [6, 6.07) is 2.46. The van der Waals surface area contributed by atoms with Gasteiger partial charge in [-0.1, -0.05) is 13.8 Å². The molecule has 0 saturated heterocycles. The van der Waals surface area contributed by atoms with E-state index in [-0.39, 0.29) is 5.41 Å². The molecule has 2 atom stereocenters. The third kappa shape index (κ3) is 1.47. The number of ether oxygens (including phenoxy) is 1. The summed E-state index contributed by atoms with van der Waals surface area (Å²) in [5.74, 6) is 1.08. The van der Waals surface area contributed by atoms with Crippen molar-refractivity contribution in [3.63, 3.8) is 0 Å². The van der Waals surface area contributed by atoms with Gasteiger partial charge < -0.3 is 4.74 Å². The highest BCUT2D eigenvalue weighted by Gasteiger charge is 2.56. The molecule has 0 spiro atoms. The van der Waals surface area contributed by atoms with Crippen LogP contribution in [0.1, 0.15) is 26.7 Å². The molecule has 68 valence electrons. The number of nitriles is 1. The molecule has 1 rings (SSSR count). The van der Waals surface area contributed by atoms with E-state index in [1.807, 2.05) is 0 Å². The van der Waals surface area contributed by atoms with Gasteiger partial charge in [-0.2, -0.15) is 5.26 Å². The molecule has 1 fully saturated rings. The van der Waals surface area contributed by atoms with Crippen molar-refractivity contribution in [2.24, 2.45) is 17.3 Å². The second-order valence-electron chi connectivity index (χ2n) is 3.99. The van der Waals surface area contributed by atoms with Crippen molar-refractivity contribution >= 4 is 0 Å². The fraction of sp³-hybridized carbons (Fsp3) is 0.900. The first-order valence-electron chi connectivity index (χ1n) is 4.57. The molecule has 0 unspecified atom stereocenters. The van der Waals surface area contributed by atoms with Gasteiger partial charge in [0, 0.05) is 13.7 Å². The van der Waals surface area contributed by atoms with E-state index in [2.05, 4.69) is 19.9 Å². The van der Waals surface area contributed by atoms with Gasteiger partial charge in [-0.3, -0.25) is 0 Å². The molecule has 1 saturated carbocycles. The molecule has 0 N–H and O–H groups in total. The number of methoxy groups -OCH3 is 1. The van der Waals surface area contributed by atoms with Crippen LogP contribution in [0.5, 0.6) is 0 Å². The molecule has 0 radical (unpaired) electrons. The van der Waals surface area contributed by atoms with Gasteiger partial charge in [0.2, 0.25) is 0 Å². The Bertz CT molecular complexity index is 195. The van der Waals surface area contributed by atoms with Crippen LogP contribution in [-0.2, 0) is 4.74 Å². The summed E-state index contributed by atoms with van der Waals surface area (Å²) < 4.78 is 5.00. The quantitative estimate of drug-likeness (QED) is 0.643. The third-order valence-corrected chi connectivity index (χ3v) is 3.06. The fourth-order valence-electron chi connectivity index (χ4n) is 1.94. The largest absolute Gasteiger partial charge is 0.385 e. The first kappa shape index (κ1) is 9.54. The number of nitrogens with zero attached hydrogens (tertiary/aromatic N) is 1. The predicted molar refractivity (Wildman–Crippen MR) is 47.5 cm³/mol. The Morgan fingerprint density at radius 2 is 2.33 bits per heavy atom. The summed E-state index contributed by atoms with van der Waals surface area (Å²) >= 11 is 0. The molecule has 2 nitrogen and oxygen atoms in total. The van der Waals surface area contributed by atoms with Gasteiger partial charge in [-0.25, -0.2) is 0 Å². The van der Waals surface area contributed by atoms with E-state index in [4.69, 9.17) is 10.00 Å². The smallest absolute Gasteiger partial charge is 0.0695 e. The van der Waals surface area contributed by atoms with Gasteiger partial charge in [0.15, 0.2) is 0 Å². The van der Waals surface area contributed by atoms with Gasteiger partial charge in [-0.05, 0) is 24.7 Å². The van der Waals surface area contributed by atoms with E-state index in [0.29, 0.717) is 11.8 Å². The van der Waals surface area contributed by atoms with Crippen molar-refractivity contribution in [3.05, 3.63) is 0 Å². The van der Waals surface area contributed by atoms with Crippen molar-refractivity contribution in [1.82, 2.24) is 0 Å². The molecular formula is C10H17NO. The highest BCUT2D eigenvalue weighted by atomic mass is 16.5. The summed E-state index contributed by atoms with van der Waals surface area (Å²) in [7, 11) is 1.71. The summed E-state index contributed by atoms with van der Waals surface area (Å²) in [6.07, 6.45) is 2.12. The van der Waals surface area contributed by atoms with Crippen LogP contribution in [0.15, 0.2) is 0 Å². The average molecular weight is 167 g/mol. The molecule has 0 aromatic carbocycles. The molecule has 2 heteroatoms. The minimum Gasteiger partial charge on any atom is -0.385 e. The van der Waals surface area contributed by atoms with Crippen LogP contribution in [0.4, 0.5) is 0 Å². The minimum absolute atomic E-state index is 0.0153. The lowest BCUT2D eigenvalue weighted by molar-refractivity contribution is 0.184. The van der Waals surface area contributed by atoms with E-state index < -0.39 is 0 Å². The first-order valence-corrected chi connectivity index (χ1v) is 4.57. The number of rotatable bonds is 4. The zero-order chi connectivity index (χ0) is 9.19. The van der Waals surface area contributed by atoms with E-state index >= 15 is 0 Å². The SMILES string of the molecule is COCC[C@H]1C[C@@]1(C#N)C(C)C. The van der Waals surface area contributed by atoms with E-state index in [1.54, 1.807) is 7.11 Å². The summed E-state index contributed by atoms with van der Waals surface area (Å²) in [5.41, 5.74) is -0.0153. The van der Waals surface area contributed by atoms with Crippen LogP contribution < -0.4 is 0 Å². The van der Waals surface area contributed by atoms with Crippen molar-refractivity contribution < 1.29 is 4.74 Å². The molecule has 1 aliphatic rings. The normalized spacial score (nSPS) is 33.4. The summed E-state index contributed by atoms with van der Waals surface area (Å²) in [6.45, 7) is 5.06. The number of hydrogen-bond donors (Lipinski definition) is 0. The van der Waals surface area contributed by atoms with Gasteiger partial charge in [0.05, 0.1) is 11.5 Å². The Labute approximate surface area is 74.5 Å². The van der Waals surface area contributed by atoms with Crippen LogP contribution in [0.3, 0.4) is 0 Å². The maximum Gasteiger partial charge on any atom is 0.0695 e. The standard InChI is InChI=1S/C10H17NO/c1-8(2)10(7-11)6-9(10)4-5-12-3/h8-9H,4-6H2,1-3H3/t9-,10+/m0/s1. The lowest BCUT2D eigenvalue weighted by atomic mass is 9.91. The highest BCUT2D eigenvalue weighted by molar-refractivity contribution is 5.17. The molecule has 0 aliphatic heterocycles. The Hall–Kier alpha value is -0.550. The van der Waals surface area contributed by atoms with E-state index in [1.165, 1.54) is 0 Å². The Morgan fingerprint density at radius 3 is 2.67 bits per heavy atom. The van der Waals surface area contributed by atoms with Gasteiger partial charge in [-0.15, -0.1) is 0 Å². The molecule has 0 amide bonds. The maximum absolute atomic E-state index is 9.01. The predicted octanol–water partition coefficient (Wildman–Crippen LogP) is 2.21. The second-order valence-corrected chi connectivity index (χ2v) is 3.99. The van der Waals surface area contributed by atoms with Crippen molar-refractivity contribution in [3.8, 4) is 6.07 Å². The molecule has 0 aromatic rings. The summed E-state index contributed by atoms with van der Waals surface area (Å²) in [5, 5.41) is 9.01. The van der Waals surface area contributed by atoms with Crippen LogP contribution in [0, 0.1) is 28.6 Å². The second kappa shape index (κ2) is 3.45. The Balaban J connectivity index is 2.41. The monoisotopic (exact) mass is 167 g/mol.